The zero-order chi connectivity index (χ0) is 18.2. The summed E-state index contributed by atoms with van der Waals surface area (Å²) in [7, 11) is 0. The fraction of sp³-hybridized carbons (Fsp3) is 0.947. The van der Waals surface area contributed by atoms with Gasteiger partial charge in [-0.05, 0) is 26.7 Å². The fourth-order valence-corrected chi connectivity index (χ4v) is 3.80. The third-order valence-corrected chi connectivity index (χ3v) is 5.12. The zero-order valence-corrected chi connectivity index (χ0v) is 19.7. The maximum Gasteiger partial charge on any atom is 0.194 e. The molecular formula is C19H40IN5O. The second kappa shape index (κ2) is 12.4. The molecule has 0 bridgehead atoms. The van der Waals surface area contributed by atoms with Crippen LogP contribution in [0.2, 0.25) is 0 Å². The molecule has 2 aliphatic rings. The molecule has 154 valence electrons. The van der Waals surface area contributed by atoms with E-state index in [0.717, 1.165) is 70.9 Å². The molecule has 0 radical (unpaired) electrons. The molecule has 0 aliphatic carbocycles. The molecule has 2 saturated heterocycles. The van der Waals surface area contributed by atoms with Crippen LogP contribution in [0.4, 0.5) is 0 Å². The average molecular weight is 481 g/mol. The molecule has 0 aromatic heterocycles. The number of nitrogens with one attached hydrogen (secondary N) is 1. The van der Waals surface area contributed by atoms with Crippen molar-refractivity contribution in [1.29, 1.82) is 0 Å². The summed E-state index contributed by atoms with van der Waals surface area (Å²) < 4.78 is 5.56. The van der Waals surface area contributed by atoms with E-state index in [2.05, 4.69) is 54.6 Å². The maximum absolute atomic E-state index is 5.56. The SMILES string of the molecule is CCNC(=NCC(C)N1CCOCC1C)N1CCN(CC(C)C)CC1.I. The average Bonchev–Trinajstić information content (AvgIpc) is 2.59. The van der Waals surface area contributed by atoms with E-state index in [1.165, 1.54) is 6.54 Å². The molecule has 2 aliphatic heterocycles. The summed E-state index contributed by atoms with van der Waals surface area (Å²) in [6.45, 7) is 21.4. The summed E-state index contributed by atoms with van der Waals surface area (Å²) in [6.07, 6.45) is 0. The number of rotatable bonds is 6. The van der Waals surface area contributed by atoms with Crippen LogP contribution in [0.3, 0.4) is 0 Å². The van der Waals surface area contributed by atoms with E-state index in [1.54, 1.807) is 0 Å². The summed E-state index contributed by atoms with van der Waals surface area (Å²) in [5.74, 6) is 1.82. The zero-order valence-electron chi connectivity index (χ0n) is 17.4. The van der Waals surface area contributed by atoms with Gasteiger partial charge in [0, 0.05) is 57.9 Å². The van der Waals surface area contributed by atoms with Crippen LogP contribution in [0.15, 0.2) is 4.99 Å². The number of nitrogens with zero attached hydrogens (tertiary/aromatic N) is 4. The number of ether oxygens (including phenoxy) is 1. The third kappa shape index (κ3) is 7.48. The van der Waals surface area contributed by atoms with E-state index < -0.39 is 0 Å². The molecule has 2 unspecified atom stereocenters. The molecule has 1 N–H and O–H groups in total. The van der Waals surface area contributed by atoms with Crippen LogP contribution in [0.1, 0.15) is 34.6 Å². The van der Waals surface area contributed by atoms with E-state index in [9.17, 15) is 0 Å². The monoisotopic (exact) mass is 481 g/mol. The lowest BCUT2D eigenvalue weighted by molar-refractivity contribution is -0.0166. The standard InChI is InChI=1S/C19H39N5O.HI/c1-6-20-19(23-9-7-22(8-10-23)14-16(2)3)21-13-17(4)24-11-12-25-15-18(24)5;/h16-18H,6-15H2,1-5H3,(H,20,21);1H. The first-order valence-corrected chi connectivity index (χ1v) is 10.1. The van der Waals surface area contributed by atoms with Crippen molar-refractivity contribution in [2.75, 3.05) is 65.6 Å². The molecule has 0 aromatic carbocycles. The van der Waals surface area contributed by atoms with Gasteiger partial charge in [0.05, 0.1) is 19.8 Å². The molecule has 2 rings (SSSR count). The van der Waals surface area contributed by atoms with Gasteiger partial charge in [0.25, 0.3) is 0 Å². The van der Waals surface area contributed by atoms with Crippen molar-refractivity contribution in [3.8, 4) is 0 Å². The Kier molecular flexibility index (Phi) is 11.4. The number of guanidine groups is 1. The Bertz CT molecular complexity index is 413. The second-order valence-corrected chi connectivity index (χ2v) is 7.89. The van der Waals surface area contributed by atoms with Crippen LogP contribution in [0.5, 0.6) is 0 Å². The van der Waals surface area contributed by atoms with Crippen molar-refractivity contribution < 1.29 is 4.74 Å². The molecule has 0 spiro atoms. The minimum absolute atomic E-state index is 0. The summed E-state index contributed by atoms with van der Waals surface area (Å²) in [4.78, 5) is 12.5. The molecule has 0 aromatic rings. The van der Waals surface area contributed by atoms with E-state index in [0.29, 0.717) is 12.1 Å². The number of piperazine rings is 1. The Balaban J connectivity index is 0.00000338. The van der Waals surface area contributed by atoms with Crippen molar-refractivity contribution in [1.82, 2.24) is 20.0 Å². The quantitative estimate of drug-likeness (QED) is 0.357. The van der Waals surface area contributed by atoms with Crippen LogP contribution in [0.25, 0.3) is 0 Å². The van der Waals surface area contributed by atoms with Gasteiger partial charge in [-0.25, -0.2) is 0 Å². The van der Waals surface area contributed by atoms with E-state index in [4.69, 9.17) is 9.73 Å². The minimum Gasteiger partial charge on any atom is -0.379 e. The van der Waals surface area contributed by atoms with Crippen molar-refractivity contribution in [3.05, 3.63) is 0 Å². The van der Waals surface area contributed by atoms with Gasteiger partial charge in [0.2, 0.25) is 0 Å². The number of morpholine rings is 1. The molecule has 6 nitrogen and oxygen atoms in total. The highest BCUT2D eigenvalue weighted by Gasteiger charge is 2.24. The Labute approximate surface area is 177 Å². The van der Waals surface area contributed by atoms with Crippen LogP contribution in [-0.4, -0.2) is 98.3 Å². The Morgan fingerprint density at radius 3 is 2.42 bits per heavy atom. The lowest BCUT2D eigenvalue weighted by Crippen LogP contribution is -2.53. The van der Waals surface area contributed by atoms with Crippen LogP contribution >= 0.6 is 24.0 Å². The molecular weight excluding hydrogens is 441 g/mol. The first-order valence-electron chi connectivity index (χ1n) is 10.1. The first-order chi connectivity index (χ1) is 12.0. The topological polar surface area (TPSA) is 43.3 Å². The fourth-order valence-electron chi connectivity index (χ4n) is 3.80. The third-order valence-electron chi connectivity index (χ3n) is 5.12. The minimum atomic E-state index is 0. The van der Waals surface area contributed by atoms with Crippen molar-refractivity contribution in [2.24, 2.45) is 10.9 Å². The second-order valence-electron chi connectivity index (χ2n) is 7.89. The number of halogens is 1. The Morgan fingerprint density at radius 2 is 1.85 bits per heavy atom. The normalized spacial score (nSPS) is 24.5. The molecule has 7 heteroatoms. The van der Waals surface area contributed by atoms with Gasteiger partial charge >= 0.3 is 0 Å². The van der Waals surface area contributed by atoms with Crippen LogP contribution in [0, 0.1) is 5.92 Å². The van der Waals surface area contributed by atoms with Crippen molar-refractivity contribution >= 4 is 29.9 Å². The molecule has 2 fully saturated rings. The van der Waals surface area contributed by atoms with Gasteiger partial charge in [0.15, 0.2) is 5.96 Å². The first kappa shape index (κ1) is 23.9. The summed E-state index contributed by atoms with van der Waals surface area (Å²) >= 11 is 0. The van der Waals surface area contributed by atoms with Crippen LogP contribution < -0.4 is 5.32 Å². The van der Waals surface area contributed by atoms with E-state index in [1.807, 2.05) is 0 Å². The van der Waals surface area contributed by atoms with Gasteiger partial charge in [-0.15, -0.1) is 24.0 Å². The number of hydrogen-bond acceptors (Lipinski definition) is 4. The lowest BCUT2D eigenvalue weighted by Gasteiger charge is -2.38. The highest BCUT2D eigenvalue weighted by molar-refractivity contribution is 14.0. The highest BCUT2D eigenvalue weighted by atomic mass is 127. The Morgan fingerprint density at radius 1 is 1.15 bits per heavy atom. The maximum atomic E-state index is 5.56. The summed E-state index contributed by atoms with van der Waals surface area (Å²) in [5.41, 5.74) is 0. The van der Waals surface area contributed by atoms with E-state index >= 15 is 0 Å². The smallest absolute Gasteiger partial charge is 0.194 e. The predicted octanol–water partition coefficient (Wildman–Crippen LogP) is 1.95. The van der Waals surface area contributed by atoms with Crippen LogP contribution in [-0.2, 0) is 4.74 Å². The summed E-state index contributed by atoms with van der Waals surface area (Å²) in [6, 6.07) is 0.941. The number of aliphatic imine (C=N–C) groups is 1. The molecule has 0 amide bonds. The van der Waals surface area contributed by atoms with E-state index in [-0.39, 0.29) is 24.0 Å². The predicted molar refractivity (Wildman–Crippen MR) is 121 cm³/mol. The van der Waals surface area contributed by atoms with Gasteiger partial charge in [-0.1, -0.05) is 13.8 Å². The van der Waals surface area contributed by atoms with Gasteiger partial charge in [-0.3, -0.25) is 14.8 Å². The number of hydrogen-bond donors (Lipinski definition) is 1. The molecule has 26 heavy (non-hydrogen) atoms. The van der Waals surface area contributed by atoms with Gasteiger partial charge in [0.1, 0.15) is 0 Å². The lowest BCUT2D eigenvalue weighted by atomic mass is 10.2. The Hall–Kier alpha value is -0.120. The largest absolute Gasteiger partial charge is 0.379 e. The molecule has 2 heterocycles. The van der Waals surface area contributed by atoms with Gasteiger partial charge in [-0.2, -0.15) is 0 Å². The highest BCUT2D eigenvalue weighted by Crippen LogP contribution is 2.11. The molecule has 0 saturated carbocycles. The molecule has 2 atom stereocenters. The van der Waals surface area contributed by atoms with Gasteiger partial charge < -0.3 is 15.0 Å². The summed E-state index contributed by atoms with van der Waals surface area (Å²) in [5, 5.41) is 3.49. The van der Waals surface area contributed by atoms with Crippen molar-refractivity contribution in [3.63, 3.8) is 0 Å². The van der Waals surface area contributed by atoms with Crippen molar-refractivity contribution in [2.45, 2.75) is 46.7 Å².